The highest BCUT2D eigenvalue weighted by Crippen LogP contribution is 1.96. The SMILES string of the molecule is NNC(=O)CCNCc1ccccc1. The molecule has 0 unspecified atom stereocenters. The average Bonchev–Trinajstić information content (AvgIpc) is 2.25. The van der Waals surface area contributed by atoms with Gasteiger partial charge in [0.15, 0.2) is 0 Å². The molecule has 0 aromatic heterocycles. The van der Waals surface area contributed by atoms with E-state index in [9.17, 15) is 4.79 Å². The van der Waals surface area contributed by atoms with Gasteiger partial charge in [0, 0.05) is 19.5 Å². The van der Waals surface area contributed by atoms with E-state index in [-0.39, 0.29) is 5.91 Å². The molecule has 4 heteroatoms. The lowest BCUT2D eigenvalue weighted by Gasteiger charge is -2.03. The predicted molar refractivity (Wildman–Crippen MR) is 55.1 cm³/mol. The second-order valence-corrected chi connectivity index (χ2v) is 2.98. The molecule has 4 nitrogen and oxygen atoms in total. The van der Waals surface area contributed by atoms with Crippen LogP contribution in [0.15, 0.2) is 30.3 Å². The van der Waals surface area contributed by atoms with Gasteiger partial charge in [-0.3, -0.25) is 10.2 Å². The maximum Gasteiger partial charge on any atom is 0.235 e. The van der Waals surface area contributed by atoms with E-state index < -0.39 is 0 Å². The van der Waals surface area contributed by atoms with Gasteiger partial charge in [-0.05, 0) is 5.56 Å². The van der Waals surface area contributed by atoms with Crippen molar-refractivity contribution in [3.8, 4) is 0 Å². The van der Waals surface area contributed by atoms with Crippen molar-refractivity contribution in [3.05, 3.63) is 35.9 Å². The first-order valence-corrected chi connectivity index (χ1v) is 4.57. The molecule has 0 aliphatic rings. The van der Waals surface area contributed by atoms with Crippen LogP contribution in [0.4, 0.5) is 0 Å². The fourth-order valence-electron chi connectivity index (χ4n) is 1.10. The van der Waals surface area contributed by atoms with Crippen LogP contribution in [0.5, 0.6) is 0 Å². The Bertz CT molecular complexity index is 274. The zero-order valence-electron chi connectivity index (χ0n) is 7.99. The molecule has 0 fully saturated rings. The lowest BCUT2D eigenvalue weighted by Crippen LogP contribution is -2.32. The number of hydrogen-bond acceptors (Lipinski definition) is 3. The molecular weight excluding hydrogens is 178 g/mol. The van der Waals surface area contributed by atoms with Gasteiger partial charge >= 0.3 is 0 Å². The van der Waals surface area contributed by atoms with Gasteiger partial charge in [0.05, 0.1) is 0 Å². The Morgan fingerprint density at radius 2 is 2.00 bits per heavy atom. The third-order valence-electron chi connectivity index (χ3n) is 1.86. The van der Waals surface area contributed by atoms with Gasteiger partial charge in [-0.2, -0.15) is 0 Å². The van der Waals surface area contributed by atoms with Gasteiger partial charge in [-0.1, -0.05) is 30.3 Å². The van der Waals surface area contributed by atoms with Crippen molar-refractivity contribution in [3.63, 3.8) is 0 Å². The van der Waals surface area contributed by atoms with E-state index in [2.05, 4.69) is 10.7 Å². The van der Waals surface area contributed by atoms with E-state index in [0.29, 0.717) is 13.0 Å². The van der Waals surface area contributed by atoms with E-state index in [4.69, 9.17) is 5.84 Å². The molecule has 0 atom stereocenters. The molecule has 1 aromatic carbocycles. The summed E-state index contributed by atoms with van der Waals surface area (Å²) in [6.45, 7) is 1.41. The van der Waals surface area contributed by atoms with Crippen LogP contribution in [0.3, 0.4) is 0 Å². The Hall–Kier alpha value is -1.39. The summed E-state index contributed by atoms with van der Waals surface area (Å²) in [4.78, 5) is 10.7. The quantitative estimate of drug-likeness (QED) is 0.270. The number of nitrogens with two attached hydrogens (primary N) is 1. The molecule has 0 saturated carbocycles. The molecule has 0 aliphatic heterocycles. The minimum atomic E-state index is -0.148. The molecule has 0 bridgehead atoms. The fraction of sp³-hybridized carbons (Fsp3) is 0.300. The fourth-order valence-corrected chi connectivity index (χ4v) is 1.10. The Labute approximate surface area is 83.5 Å². The zero-order chi connectivity index (χ0) is 10.2. The lowest BCUT2D eigenvalue weighted by molar-refractivity contribution is -0.121. The number of amides is 1. The molecule has 0 heterocycles. The van der Waals surface area contributed by atoms with Crippen LogP contribution in [-0.4, -0.2) is 12.5 Å². The van der Waals surface area contributed by atoms with E-state index in [0.717, 1.165) is 6.54 Å². The first kappa shape index (κ1) is 10.7. The van der Waals surface area contributed by atoms with Crippen molar-refractivity contribution in [1.29, 1.82) is 0 Å². The van der Waals surface area contributed by atoms with E-state index in [1.807, 2.05) is 30.3 Å². The van der Waals surface area contributed by atoms with Gasteiger partial charge in [0.2, 0.25) is 5.91 Å². The summed E-state index contributed by atoms with van der Waals surface area (Å²) < 4.78 is 0. The number of benzene rings is 1. The number of rotatable bonds is 5. The average molecular weight is 193 g/mol. The Kier molecular flexibility index (Phi) is 4.68. The van der Waals surface area contributed by atoms with Crippen molar-refractivity contribution in [2.75, 3.05) is 6.54 Å². The second kappa shape index (κ2) is 6.12. The highest BCUT2D eigenvalue weighted by Gasteiger charge is 1.96. The van der Waals surface area contributed by atoms with E-state index >= 15 is 0 Å². The van der Waals surface area contributed by atoms with Gasteiger partial charge in [0.25, 0.3) is 0 Å². The molecule has 1 rings (SSSR count). The molecule has 0 spiro atoms. The Morgan fingerprint density at radius 3 is 2.64 bits per heavy atom. The molecule has 1 aromatic rings. The van der Waals surface area contributed by atoms with Gasteiger partial charge in [-0.15, -0.1) is 0 Å². The Morgan fingerprint density at radius 1 is 1.29 bits per heavy atom. The molecule has 1 amide bonds. The monoisotopic (exact) mass is 193 g/mol. The minimum absolute atomic E-state index is 0.148. The summed E-state index contributed by atoms with van der Waals surface area (Å²) in [5.74, 6) is 4.79. The molecule has 14 heavy (non-hydrogen) atoms. The number of hydrogen-bond donors (Lipinski definition) is 3. The summed E-state index contributed by atoms with van der Waals surface area (Å²) in [7, 11) is 0. The largest absolute Gasteiger partial charge is 0.312 e. The van der Waals surface area contributed by atoms with Crippen LogP contribution in [0, 0.1) is 0 Å². The third-order valence-corrected chi connectivity index (χ3v) is 1.86. The van der Waals surface area contributed by atoms with Crippen LogP contribution in [0.1, 0.15) is 12.0 Å². The van der Waals surface area contributed by atoms with Crippen molar-refractivity contribution in [2.24, 2.45) is 5.84 Å². The number of carbonyl (C=O) groups excluding carboxylic acids is 1. The van der Waals surface area contributed by atoms with E-state index in [1.165, 1.54) is 5.56 Å². The van der Waals surface area contributed by atoms with Gasteiger partial charge < -0.3 is 5.32 Å². The van der Waals surface area contributed by atoms with Gasteiger partial charge in [-0.25, -0.2) is 5.84 Å². The maximum absolute atomic E-state index is 10.7. The molecule has 76 valence electrons. The molecular formula is C10H15N3O. The summed E-state index contributed by atoms with van der Waals surface area (Å²) >= 11 is 0. The van der Waals surface area contributed by atoms with Crippen LogP contribution in [-0.2, 0) is 11.3 Å². The first-order valence-electron chi connectivity index (χ1n) is 4.57. The molecule has 4 N–H and O–H groups in total. The van der Waals surface area contributed by atoms with Gasteiger partial charge in [0.1, 0.15) is 0 Å². The molecule has 0 radical (unpaired) electrons. The number of nitrogens with one attached hydrogen (secondary N) is 2. The topological polar surface area (TPSA) is 67.1 Å². The Balaban J connectivity index is 2.13. The molecule has 0 saturated heterocycles. The highest BCUT2D eigenvalue weighted by atomic mass is 16.2. The summed E-state index contributed by atoms with van der Waals surface area (Å²) in [5.41, 5.74) is 3.29. The number of carbonyl (C=O) groups is 1. The predicted octanol–water partition coefficient (Wildman–Crippen LogP) is 0.156. The van der Waals surface area contributed by atoms with Crippen molar-refractivity contribution in [1.82, 2.24) is 10.7 Å². The van der Waals surface area contributed by atoms with Crippen molar-refractivity contribution in [2.45, 2.75) is 13.0 Å². The standard InChI is InChI=1S/C10H15N3O/c11-13-10(14)6-7-12-8-9-4-2-1-3-5-9/h1-5,12H,6-8,11H2,(H,13,14). The maximum atomic E-state index is 10.7. The number of hydrazine groups is 1. The smallest absolute Gasteiger partial charge is 0.235 e. The lowest BCUT2D eigenvalue weighted by atomic mass is 10.2. The highest BCUT2D eigenvalue weighted by molar-refractivity contribution is 5.75. The minimum Gasteiger partial charge on any atom is -0.312 e. The zero-order valence-corrected chi connectivity index (χ0v) is 7.99. The van der Waals surface area contributed by atoms with Crippen LogP contribution < -0.4 is 16.6 Å². The van der Waals surface area contributed by atoms with Crippen LogP contribution in [0.25, 0.3) is 0 Å². The first-order chi connectivity index (χ1) is 6.83. The van der Waals surface area contributed by atoms with Crippen LogP contribution >= 0.6 is 0 Å². The van der Waals surface area contributed by atoms with Crippen LogP contribution in [0.2, 0.25) is 0 Å². The second-order valence-electron chi connectivity index (χ2n) is 2.98. The van der Waals surface area contributed by atoms with Crippen molar-refractivity contribution >= 4 is 5.91 Å². The third kappa shape index (κ3) is 4.02. The summed E-state index contributed by atoms with van der Waals surface area (Å²) in [6, 6.07) is 10.0. The summed E-state index contributed by atoms with van der Waals surface area (Å²) in [5, 5.41) is 3.15. The molecule has 0 aliphatic carbocycles. The van der Waals surface area contributed by atoms with Crippen molar-refractivity contribution < 1.29 is 4.79 Å². The van der Waals surface area contributed by atoms with E-state index in [1.54, 1.807) is 0 Å². The summed E-state index contributed by atoms with van der Waals surface area (Å²) in [6.07, 6.45) is 0.406. The normalized spacial score (nSPS) is 9.79.